The molecule has 15 nitrogen and oxygen atoms in total. The summed E-state index contributed by atoms with van der Waals surface area (Å²) in [6, 6.07) is 15.2. The Balaban J connectivity index is 0.984. The number of methoxy groups -OCH3 is 3. The molecular weight excluding hydrogens is 716 g/mol. The number of alkyl carbamates (subject to hydrolysis) is 2. The van der Waals surface area contributed by atoms with E-state index in [1.165, 1.54) is 14.2 Å². The second-order valence-corrected chi connectivity index (χ2v) is 14.6. The van der Waals surface area contributed by atoms with Crippen molar-refractivity contribution in [2.45, 2.75) is 75.5 Å². The van der Waals surface area contributed by atoms with E-state index in [9.17, 15) is 19.2 Å². The molecule has 4 aromatic rings. The number of aromatic amines is 2. The molecule has 15 heteroatoms. The van der Waals surface area contributed by atoms with Crippen molar-refractivity contribution in [1.29, 1.82) is 0 Å². The van der Waals surface area contributed by atoms with Gasteiger partial charge in [-0.15, -0.1) is 0 Å². The van der Waals surface area contributed by atoms with Crippen LogP contribution in [0.25, 0.3) is 33.6 Å². The molecule has 2 aromatic heterocycles. The van der Waals surface area contributed by atoms with Gasteiger partial charge in [-0.3, -0.25) is 9.59 Å². The van der Waals surface area contributed by atoms with Gasteiger partial charge in [0, 0.05) is 39.3 Å². The van der Waals surface area contributed by atoms with E-state index >= 15 is 0 Å². The minimum absolute atomic E-state index is 0.0681. The Bertz CT molecular complexity index is 1990. The summed E-state index contributed by atoms with van der Waals surface area (Å²) < 4.78 is 14.7. The van der Waals surface area contributed by atoms with Gasteiger partial charge in [0.05, 0.1) is 56.0 Å². The molecule has 4 amide bonds. The van der Waals surface area contributed by atoms with Gasteiger partial charge in [0.15, 0.2) is 0 Å². The van der Waals surface area contributed by atoms with Crippen molar-refractivity contribution in [2.75, 3.05) is 41.0 Å². The van der Waals surface area contributed by atoms with Crippen LogP contribution in [0.5, 0.6) is 0 Å². The topological polar surface area (TPSA) is 184 Å². The normalized spacial score (nSPS) is 21.2. The summed E-state index contributed by atoms with van der Waals surface area (Å²) in [7, 11) is 4.17. The van der Waals surface area contributed by atoms with Crippen molar-refractivity contribution >= 4 is 24.0 Å². The molecule has 5 atom stereocenters. The predicted octanol–water partition coefficient (Wildman–Crippen LogP) is 5.75. The van der Waals surface area contributed by atoms with Gasteiger partial charge < -0.3 is 44.6 Å². The molecule has 0 radical (unpaired) electrons. The Morgan fingerprint density at radius 1 is 0.714 bits per heavy atom. The maximum absolute atomic E-state index is 13.7. The zero-order valence-electron chi connectivity index (χ0n) is 32.1. The number of hydrogen-bond donors (Lipinski definition) is 4. The number of ether oxygens (including phenoxy) is 3. The molecule has 0 bridgehead atoms. The van der Waals surface area contributed by atoms with Crippen molar-refractivity contribution in [3.8, 4) is 33.6 Å². The van der Waals surface area contributed by atoms with E-state index in [1.54, 1.807) is 18.2 Å². The summed E-state index contributed by atoms with van der Waals surface area (Å²) >= 11 is 0. The molecule has 2 aromatic carbocycles. The molecule has 2 aliphatic heterocycles. The minimum Gasteiger partial charge on any atom is -0.453 e. The fourth-order valence-corrected chi connectivity index (χ4v) is 8.37. The Kier molecular flexibility index (Phi) is 12.0. The summed E-state index contributed by atoms with van der Waals surface area (Å²) in [4.78, 5) is 71.1. The molecule has 4 heterocycles. The first kappa shape index (κ1) is 38.6. The second-order valence-electron chi connectivity index (χ2n) is 14.6. The third-order valence-electron chi connectivity index (χ3n) is 11.3. The molecule has 296 valence electrons. The number of imidazole rings is 2. The highest BCUT2D eigenvalue weighted by atomic mass is 16.5. The van der Waals surface area contributed by atoms with E-state index in [-0.39, 0.29) is 35.9 Å². The van der Waals surface area contributed by atoms with Gasteiger partial charge in [-0.1, -0.05) is 55.0 Å². The lowest BCUT2D eigenvalue weighted by Crippen LogP contribution is -2.49. The summed E-state index contributed by atoms with van der Waals surface area (Å²) in [6.45, 7) is 1.56. The van der Waals surface area contributed by atoms with E-state index in [0.717, 1.165) is 84.4 Å². The minimum atomic E-state index is -0.758. The summed E-state index contributed by atoms with van der Waals surface area (Å²) in [5.41, 5.74) is 5.82. The highest BCUT2D eigenvalue weighted by Crippen LogP contribution is 2.37. The molecular formula is C41H50N8O7. The first-order chi connectivity index (χ1) is 27.3. The van der Waals surface area contributed by atoms with Crippen molar-refractivity contribution < 1.29 is 33.4 Å². The van der Waals surface area contributed by atoms with Gasteiger partial charge in [-0.2, -0.15) is 0 Å². The van der Waals surface area contributed by atoms with Gasteiger partial charge in [-0.25, -0.2) is 19.6 Å². The number of carbonyl (C=O) groups excluding carboxylic acids is 4. The van der Waals surface area contributed by atoms with Crippen molar-refractivity contribution in [3.05, 3.63) is 72.6 Å². The molecule has 56 heavy (non-hydrogen) atoms. The number of H-pyrrole nitrogens is 2. The predicted molar refractivity (Wildman–Crippen MR) is 207 cm³/mol. The Morgan fingerprint density at radius 2 is 1.25 bits per heavy atom. The summed E-state index contributed by atoms with van der Waals surface area (Å²) in [5.74, 6) is 1.11. The molecule has 1 saturated carbocycles. The summed E-state index contributed by atoms with van der Waals surface area (Å²) in [5, 5.41) is 5.51. The smallest absolute Gasteiger partial charge is 0.407 e. The standard InChI is InChI=1S/C41H50N8O7/c1-54-22-19-31(47-41(53)56-3)39(51)49-21-6-10-35(49)37-43-24-33(45-37)28-17-13-26(14-18-28)25-11-15-27(16-12-25)32-23-42-36(44-32)34-9-5-20-48(34)38(50)29-7-4-8-30(29)46-40(52)55-2/h11-18,23-24,29-31,34-35H,4-10,19-22H2,1-3H3,(H,42,44)(H,43,45)(H,46,52)(H,47,53)/t29-,30-,31?,34-,35-/m0/s1. The van der Waals surface area contributed by atoms with E-state index < -0.39 is 18.2 Å². The zero-order chi connectivity index (χ0) is 39.2. The number of nitrogens with zero attached hydrogens (tertiary/aromatic N) is 4. The monoisotopic (exact) mass is 766 g/mol. The maximum Gasteiger partial charge on any atom is 0.407 e. The zero-order valence-corrected chi connectivity index (χ0v) is 32.1. The van der Waals surface area contributed by atoms with Gasteiger partial charge in [-0.05, 0) is 60.8 Å². The number of carbonyl (C=O) groups is 4. The van der Waals surface area contributed by atoms with Crippen LogP contribution >= 0.6 is 0 Å². The van der Waals surface area contributed by atoms with Crippen molar-refractivity contribution in [1.82, 2.24) is 40.4 Å². The second kappa shape index (κ2) is 17.4. The Labute approximate surface area is 325 Å². The SMILES string of the molecule is COCCC(NC(=O)OC)C(=O)N1CCC[C@H]1c1ncc(-c2ccc(-c3ccc(-c4cnc([C@@H]5CCCN5C(=O)[C@H]5CCC[C@@H]5NC(=O)OC)[nH]4)cc3)cc2)[nH]1. The highest BCUT2D eigenvalue weighted by molar-refractivity contribution is 5.86. The van der Waals surface area contributed by atoms with Gasteiger partial charge in [0.25, 0.3) is 0 Å². The van der Waals surface area contributed by atoms with Gasteiger partial charge >= 0.3 is 12.2 Å². The average Bonchev–Trinajstić information content (AvgIpc) is 4.08. The quantitative estimate of drug-likeness (QED) is 0.140. The van der Waals surface area contributed by atoms with Crippen molar-refractivity contribution in [2.24, 2.45) is 5.92 Å². The number of rotatable bonds is 12. The van der Waals surface area contributed by atoms with Crippen LogP contribution in [-0.2, 0) is 23.8 Å². The number of hydrogen-bond acceptors (Lipinski definition) is 9. The lowest BCUT2D eigenvalue weighted by atomic mass is 10.0. The van der Waals surface area contributed by atoms with E-state index in [2.05, 4.69) is 62.0 Å². The van der Waals surface area contributed by atoms with Crippen LogP contribution in [0.15, 0.2) is 60.9 Å². The molecule has 1 unspecified atom stereocenters. The van der Waals surface area contributed by atoms with Crippen LogP contribution in [0.1, 0.15) is 75.1 Å². The molecule has 1 aliphatic carbocycles. The fourth-order valence-electron chi connectivity index (χ4n) is 8.37. The van der Waals surface area contributed by atoms with Crippen LogP contribution in [0.3, 0.4) is 0 Å². The van der Waals surface area contributed by atoms with Crippen molar-refractivity contribution in [3.63, 3.8) is 0 Å². The van der Waals surface area contributed by atoms with Crippen LogP contribution in [0.2, 0.25) is 0 Å². The van der Waals surface area contributed by atoms with E-state index in [4.69, 9.17) is 19.2 Å². The first-order valence-electron chi connectivity index (χ1n) is 19.4. The largest absolute Gasteiger partial charge is 0.453 e. The molecule has 3 fully saturated rings. The molecule has 7 rings (SSSR count). The van der Waals surface area contributed by atoms with Crippen LogP contribution in [0, 0.1) is 5.92 Å². The van der Waals surface area contributed by atoms with Crippen LogP contribution in [0.4, 0.5) is 9.59 Å². The molecule has 0 spiro atoms. The average molecular weight is 767 g/mol. The van der Waals surface area contributed by atoms with E-state index in [0.29, 0.717) is 31.9 Å². The lowest BCUT2D eigenvalue weighted by molar-refractivity contribution is -0.137. The fraction of sp³-hybridized carbons (Fsp3) is 0.463. The molecule has 4 N–H and O–H groups in total. The summed E-state index contributed by atoms with van der Waals surface area (Å²) in [6.07, 6.45) is 8.53. The molecule has 2 saturated heterocycles. The number of amides is 4. The third kappa shape index (κ3) is 8.27. The van der Waals surface area contributed by atoms with Gasteiger partial charge in [0.1, 0.15) is 17.7 Å². The van der Waals surface area contributed by atoms with E-state index in [1.807, 2.05) is 23.2 Å². The maximum atomic E-state index is 13.7. The van der Waals surface area contributed by atoms with Gasteiger partial charge in [0.2, 0.25) is 11.8 Å². The number of likely N-dealkylation sites (tertiary alicyclic amines) is 2. The highest BCUT2D eigenvalue weighted by Gasteiger charge is 2.41. The number of aromatic nitrogens is 4. The lowest BCUT2D eigenvalue weighted by Gasteiger charge is -2.29. The number of nitrogens with one attached hydrogen (secondary N) is 4. The van der Waals surface area contributed by atoms with Crippen LogP contribution in [-0.4, -0.2) is 107 Å². The number of benzene rings is 2. The Hall–Kier alpha value is -5.70. The van der Waals surface area contributed by atoms with Crippen LogP contribution < -0.4 is 10.6 Å². The third-order valence-corrected chi connectivity index (χ3v) is 11.3. The Morgan fingerprint density at radius 3 is 1.80 bits per heavy atom. The first-order valence-corrected chi connectivity index (χ1v) is 19.4. The molecule has 3 aliphatic rings.